The van der Waals surface area contributed by atoms with E-state index in [-0.39, 0.29) is 0 Å². The second kappa shape index (κ2) is 3.49. The molecule has 0 radical (unpaired) electrons. The van der Waals surface area contributed by atoms with Crippen LogP contribution in [0.1, 0.15) is 5.56 Å². The molecule has 0 fully saturated rings. The number of hydrogen-bond acceptors (Lipinski definition) is 0. The van der Waals surface area contributed by atoms with Crippen LogP contribution in [0.15, 0.2) is 30.3 Å². The van der Waals surface area contributed by atoms with Gasteiger partial charge < -0.3 is 0 Å². The summed E-state index contributed by atoms with van der Waals surface area (Å²) >= 11 is 12.6. The van der Waals surface area contributed by atoms with Crippen LogP contribution in [0.3, 0.4) is 0 Å². The van der Waals surface area contributed by atoms with Crippen molar-refractivity contribution in [3.05, 3.63) is 35.9 Å². The highest BCUT2D eigenvalue weighted by molar-refractivity contribution is 6.46. The van der Waals surface area contributed by atoms with Crippen LogP contribution in [0, 0.1) is 0 Å². The van der Waals surface area contributed by atoms with Gasteiger partial charge in [-0.3, -0.25) is 4.48 Å². The molecule has 1 nitrogen and oxygen atoms in total. The SMILES string of the molecule is C[N+](C)(C)C(Cl)(Cl)c1ccccc1. The van der Waals surface area contributed by atoms with E-state index in [2.05, 4.69) is 0 Å². The third-order valence-corrected chi connectivity index (χ3v) is 3.41. The number of quaternary nitrogens is 1. The highest BCUT2D eigenvalue weighted by atomic mass is 35.5. The summed E-state index contributed by atoms with van der Waals surface area (Å²) in [6.07, 6.45) is 0. The van der Waals surface area contributed by atoms with E-state index in [0.717, 1.165) is 5.56 Å². The smallest absolute Gasteiger partial charge is 0.276 e. The highest BCUT2D eigenvalue weighted by Gasteiger charge is 2.40. The molecule has 72 valence electrons. The molecule has 0 unspecified atom stereocenters. The summed E-state index contributed by atoms with van der Waals surface area (Å²) in [5.74, 6) is 0. The van der Waals surface area contributed by atoms with Gasteiger partial charge in [-0.05, 0) is 35.3 Å². The van der Waals surface area contributed by atoms with Crippen molar-refractivity contribution in [2.75, 3.05) is 21.1 Å². The molecule has 0 aromatic heterocycles. The summed E-state index contributed by atoms with van der Waals surface area (Å²) in [4.78, 5) is 0. The summed E-state index contributed by atoms with van der Waals surface area (Å²) in [7, 11) is 5.90. The Morgan fingerprint density at radius 2 is 1.46 bits per heavy atom. The fourth-order valence-corrected chi connectivity index (χ4v) is 1.28. The van der Waals surface area contributed by atoms with Crippen molar-refractivity contribution in [2.24, 2.45) is 0 Å². The minimum Gasteiger partial charge on any atom is -0.296 e. The van der Waals surface area contributed by atoms with Crippen molar-refractivity contribution >= 4 is 23.2 Å². The molecule has 3 heteroatoms. The minimum absolute atomic E-state index is 0.472. The number of alkyl halides is 2. The molecule has 0 aliphatic heterocycles. The fourth-order valence-electron chi connectivity index (χ4n) is 1.03. The summed E-state index contributed by atoms with van der Waals surface area (Å²) in [5, 5.41) is 0. The Morgan fingerprint density at radius 3 is 1.85 bits per heavy atom. The number of nitrogens with zero attached hydrogens (tertiary/aromatic N) is 1. The Morgan fingerprint density at radius 1 is 1.00 bits per heavy atom. The lowest BCUT2D eigenvalue weighted by Gasteiger charge is -2.36. The molecule has 0 heterocycles. The van der Waals surface area contributed by atoms with E-state index in [9.17, 15) is 0 Å². The normalized spacial score (nSPS) is 13.0. The third-order valence-electron chi connectivity index (χ3n) is 1.96. The first-order chi connectivity index (χ1) is 5.86. The maximum Gasteiger partial charge on any atom is 0.276 e. The zero-order valence-corrected chi connectivity index (χ0v) is 9.60. The number of halogens is 2. The summed E-state index contributed by atoms with van der Waals surface area (Å²) < 4.78 is -0.415. The molecule has 1 rings (SSSR count). The fraction of sp³-hybridized carbons (Fsp3) is 0.400. The van der Waals surface area contributed by atoms with E-state index < -0.39 is 4.46 Å². The van der Waals surface area contributed by atoms with Crippen LogP contribution in [0.2, 0.25) is 0 Å². The summed E-state index contributed by atoms with van der Waals surface area (Å²) in [5.41, 5.74) is 0.922. The van der Waals surface area contributed by atoms with Gasteiger partial charge in [0.05, 0.1) is 21.1 Å². The molecule has 0 N–H and O–H groups in total. The lowest BCUT2D eigenvalue weighted by atomic mass is 10.2. The minimum atomic E-state index is -0.888. The molecule has 1 aromatic rings. The van der Waals surface area contributed by atoms with Crippen molar-refractivity contribution in [3.63, 3.8) is 0 Å². The van der Waals surface area contributed by atoms with E-state index >= 15 is 0 Å². The summed E-state index contributed by atoms with van der Waals surface area (Å²) in [6, 6.07) is 9.69. The predicted octanol–water partition coefficient (Wildman–Crippen LogP) is 2.98. The van der Waals surface area contributed by atoms with E-state index in [1.165, 1.54) is 0 Å². The van der Waals surface area contributed by atoms with Crippen molar-refractivity contribution in [1.29, 1.82) is 0 Å². The second-order valence-electron chi connectivity index (χ2n) is 3.92. The van der Waals surface area contributed by atoms with Crippen LogP contribution < -0.4 is 0 Å². The molecule has 0 aliphatic rings. The second-order valence-corrected chi connectivity index (χ2v) is 5.21. The summed E-state index contributed by atoms with van der Waals surface area (Å²) in [6.45, 7) is 0. The highest BCUT2D eigenvalue weighted by Crippen LogP contribution is 2.39. The van der Waals surface area contributed by atoms with Gasteiger partial charge in [0.25, 0.3) is 4.46 Å². The van der Waals surface area contributed by atoms with Crippen LogP contribution in [-0.4, -0.2) is 25.6 Å². The first kappa shape index (κ1) is 10.8. The Balaban J connectivity index is 3.08. The van der Waals surface area contributed by atoms with Crippen molar-refractivity contribution < 1.29 is 4.48 Å². The Kier molecular flexibility index (Phi) is 2.91. The number of benzene rings is 1. The Bertz CT molecular complexity index is 275. The van der Waals surface area contributed by atoms with Gasteiger partial charge in [-0.15, -0.1) is 0 Å². The van der Waals surface area contributed by atoms with Crippen molar-refractivity contribution in [3.8, 4) is 0 Å². The Labute approximate surface area is 89.5 Å². The topological polar surface area (TPSA) is 0 Å². The first-order valence-corrected chi connectivity index (χ1v) is 4.86. The van der Waals surface area contributed by atoms with Gasteiger partial charge in [-0.25, -0.2) is 0 Å². The van der Waals surface area contributed by atoms with E-state index in [1.807, 2.05) is 51.5 Å². The van der Waals surface area contributed by atoms with Gasteiger partial charge in [0.1, 0.15) is 0 Å². The predicted molar refractivity (Wildman–Crippen MR) is 57.9 cm³/mol. The molecule has 0 aliphatic carbocycles. The lowest BCUT2D eigenvalue weighted by molar-refractivity contribution is -0.900. The van der Waals surface area contributed by atoms with Crippen molar-refractivity contribution in [1.82, 2.24) is 0 Å². The molecule has 13 heavy (non-hydrogen) atoms. The largest absolute Gasteiger partial charge is 0.296 e. The van der Waals surface area contributed by atoms with Gasteiger partial charge >= 0.3 is 0 Å². The Hall–Kier alpha value is -0.240. The van der Waals surface area contributed by atoms with E-state index in [4.69, 9.17) is 23.2 Å². The molecule has 0 saturated carbocycles. The third kappa shape index (κ3) is 2.16. The number of rotatable bonds is 2. The molecule has 0 amide bonds. The van der Waals surface area contributed by atoms with Crippen LogP contribution >= 0.6 is 23.2 Å². The molecule has 0 saturated heterocycles. The zero-order valence-electron chi connectivity index (χ0n) is 8.09. The lowest BCUT2D eigenvalue weighted by Crippen LogP contribution is -2.47. The van der Waals surface area contributed by atoms with E-state index in [1.54, 1.807) is 0 Å². The monoisotopic (exact) mass is 218 g/mol. The van der Waals surface area contributed by atoms with Crippen LogP contribution in [0.25, 0.3) is 0 Å². The van der Waals surface area contributed by atoms with Gasteiger partial charge in [0.15, 0.2) is 0 Å². The number of hydrogen-bond donors (Lipinski definition) is 0. The van der Waals surface area contributed by atoms with Crippen LogP contribution in [0.4, 0.5) is 0 Å². The molecule has 1 aromatic carbocycles. The van der Waals surface area contributed by atoms with Crippen LogP contribution in [0.5, 0.6) is 0 Å². The van der Waals surface area contributed by atoms with Gasteiger partial charge in [0.2, 0.25) is 0 Å². The first-order valence-electron chi connectivity index (χ1n) is 4.10. The van der Waals surface area contributed by atoms with Gasteiger partial charge in [0, 0.05) is 5.56 Å². The molecular formula is C10H14Cl2N+. The van der Waals surface area contributed by atoms with Gasteiger partial charge in [-0.2, -0.15) is 0 Å². The standard InChI is InChI=1S/C10H14Cl2N/c1-13(2,3)10(11,12)9-7-5-4-6-8-9/h4-8H,1-3H3/q+1. The maximum atomic E-state index is 6.28. The average Bonchev–Trinajstić information content (AvgIpc) is 2.04. The molecule has 0 atom stereocenters. The quantitative estimate of drug-likeness (QED) is 0.407. The average molecular weight is 219 g/mol. The van der Waals surface area contributed by atoms with Crippen molar-refractivity contribution in [2.45, 2.75) is 4.46 Å². The molecule has 0 bridgehead atoms. The maximum absolute atomic E-state index is 6.28. The zero-order chi connectivity index (χ0) is 10.1. The molecular weight excluding hydrogens is 205 g/mol. The van der Waals surface area contributed by atoms with Crippen LogP contribution in [-0.2, 0) is 4.46 Å². The van der Waals surface area contributed by atoms with Gasteiger partial charge in [-0.1, -0.05) is 18.2 Å². The molecule has 0 spiro atoms. The van der Waals surface area contributed by atoms with E-state index in [0.29, 0.717) is 4.48 Å².